The maximum atomic E-state index is 12.9. The summed E-state index contributed by atoms with van der Waals surface area (Å²) in [6.45, 7) is 5.85. The number of morpholine rings is 1. The Morgan fingerprint density at radius 2 is 1.77 bits per heavy atom. The van der Waals surface area contributed by atoms with Crippen molar-refractivity contribution >= 4 is 21.9 Å². The van der Waals surface area contributed by atoms with Crippen LogP contribution in [0.3, 0.4) is 0 Å². The zero-order chi connectivity index (χ0) is 23.4. The number of carbonyl (C=O) groups excluding carboxylic acids is 2. The number of benzene rings is 1. The predicted octanol–water partition coefficient (Wildman–Crippen LogP) is 1.80. The summed E-state index contributed by atoms with van der Waals surface area (Å²) in [5.74, 6) is -2.04. The highest BCUT2D eigenvalue weighted by molar-refractivity contribution is 7.89. The van der Waals surface area contributed by atoms with E-state index in [0.717, 1.165) is 18.2 Å². The van der Waals surface area contributed by atoms with E-state index in [1.165, 1.54) is 25.7 Å². The van der Waals surface area contributed by atoms with Crippen molar-refractivity contribution < 1.29 is 40.7 Å². The van der Waals surface area contributed by atoms with E-state index in [4.69, 9.17) is 9.47 Å². The highest BCUT2D eigenvalue weighted by atomic mass is 32.2. The first-order valence-corrected chi connectivity index (χ1v) is 11.1. The molecule has 2 unspecified atom stereocenters. The number of sulfonamides is 1. The van der Waals surface area contributed by atoms with E-state index in [9.17, 15) is 31.2 Å². The van der Waals surface area contributed by atoms with E-state index in [2.05, 4.69) is 4.72 Å². The molecule has 1 aliphatic rings. The number of carbonyl (C=O) groups is 2. The fourth-order valence-electron chi connectivity index (χ4n) is 2.87. The standard InChI is InChI=1S/C19H25F3N2O6S/c1-12(2)16(18(26)30-13(3)17(25)24-7-9-29-10-8-24)23-31(27,28)15-6-4-5-14(11-15)19(20,21)22/h4-6,11-13,16,23H,7-10H2,1-3H3. The molecule has 0 saturated carbocycles. The van der Waals surface area contributed by atoms with Crippen molar-refractivity contribution in [2.75, 3.05) is 26.3 Å². The Bertz CT molecular complexity index is 898. The van der Waals surface area contributed by atoms with Crippen LogP contribution in [0.15, 0.2) is 29.2 Å². The van der Waals surface area contributed by atoms with Gasteiger partial charge in [-0.25, -0.2) is 8.42 Å². The second kappa shape index (κ2) is 9.96. The molecule has 1 aromatic rings. The Hall–Kier alpha value is -2.18. The minimum Gasteiger partial charge on any atom is -0.451 e. The zero-order valence-electron chi connectivity index (χ0n) is 17.3. The first-order valence-electron chi connectivity index (χ1n) is 9.59. The molecule has 31 heavy (non-hydrogen) atoms. The van der Waals surface area contributed by atoms with Gasteiger partial charge < -0.3 is 14.4 Å². The Kier molecular flexibility index (Phi) is 8.06. The Morgan fingerprint density at radius 3 is 2.32 bits per heavy atom. The number of ether oxygens (including phenoxy) is 2. The van der Waals surface area contributed by atoms with E-state index < -0.39 is 56.6 Å². The van der Waals surface area contributed by atoms with Crippen molar-refractivity contribution in [1.82, 2.24) is 9.62 Å². The average molecular weight is 466 g/mol. The van der Waals surface area contributed by atoms with Gasteiger partial charge >= 0.3 is 12.1 Å². The molecule has 8 nitrogen and oxygen atoms in total. The molecule has 1 amide bonds. The van der Waals surface area contributed by atoms with Gasteiger partial charge in [0.15, 0.2) is 6.10 Å². The third kappa shape index (κ3) is 6.65. The Morgan fingerprint density at radius 1 is 1.16 bits per heavy atom. The average Bonchev–Trinajstić information content (AvgIpc) is 2.71. The summed E-state index contributed by atoms with van der Waals surface area (Å²) in [7, 11) is -4.47. The number of nitrogens with one attached hydrogen (secondary N) is 1. The lowest BCUT2D eigenvalue weighted by Crippen LogP contribution is -2.49. The molecule has 0 radical (unpaired) electrons. The minimum absolute atomic E-state index is 0.344. The van der Waals surface area contributed by atoms with Gasteiger partial charge in [-0.2, -0.15) is 17.9 Å². The number of hydrogen-bond acceptors (Lipinski definition) is 6. The van der Waals surface area contributed by atoms with Crippen LogP contribution in [0, 0.1) is 5.92 Å². The van der Waals surface area contributed by atoms with Crippen LogP contribution in [0.4, 0.5) is 13.2 Å². The lowest BCUT2D eigenvalue weighted by atomic mass is 10.1. The predicted molar refractivity (Wildman–Crippen MR) is 103 cm³/mol. The van der Waals surface area contributed by atoms with Gasteiger partial charge in [0.05, 0.1) is 23.7 Å². The van der Waals surface area contributed by atoms with Gasteiger partial charge in [-0.1, -0.05) is 19.9 Å². The molecule has 2 atom stereocenters. The zero-order valence-corrected chi connectivity index (χ0v) is 18.1. The smallest absolute Gasteiger partial charge is 0.416 e. The van der Waals surface area contributed by atoms with Gasteiger partial charge in [0.2, 0.25) is 10.0 Å². The number of hydrogen-bond donors (Lipinski definition) is 1. The normalized spacial score (nSPS) is 17.3. The number of rotatable bonds is 7. The van der Waals surface area contributed by atoms with Crippen molar-refractivity contribution in [3.8, 4) is 0 Å². The summed E-state index contributed by atoms with van der Waals surface area (Å²) in [5.41, 5.74) is -1.14. The van der Waals surface area contributed by atoms with Crippen LogP contribution in [0.5, 0.6) is 0 Å². The molecule has 2 rings (SSSR count). The summed E-state index contributed by atoms with van der Waals surface area (Å²) < 4.78 is 76.4. The van der Waals surface area contributed by atoms with Crippen LogP contribution in [0.2, 0.25) is 0 Å². The Balaban J connectivity index is 2.14. The van der Waals surface area contributed by atoms with Crippen LogP contribution in [0.25, 0.3) is 0 Å². The van der Waals surface area contributed by atoms with Crippen LogP contribution < -0.4 is 4.72 Å². The molecule has 0 aromatic heterocycles. The second-order valence-corrected chi connectivity index (χ2v) is 9.10. The van der Waals surface area contributed by atoms with E-state index in [-0.39, 0.29) is 0 Å². The van der Waals surface area contributed by atoms with Gasteiger partial charge in [-0.15, -0.1) is 0 Å². The first kappa shape index (κ1) is 25.1. The number of esters is 1. The summed E-state index contributed by atoms with van der Waals surface area (Å²) in [4.78, 5) is 25.8. The maximum absolute atomic E-state index is 12.9. The second-order valence-electron chi connectivity index (χ2n) is 7.39. The Labute approximate surface area is 178 Å². The lowest BCUT2D eigenvalue weighted by molar-refractivity contribution is -0.162. The molecule has 0 aliphatic carbocycles. The fraction of sp³-hybridized carbons (Fsp3) is 0.579. The molecular formula is C19H25F3N2O6S. The molecule has 0 spiro atoms. The molecule has 1 fully saturated rings. The summed E-state index contributed by atoms with van der Waals surface area (Å²) in [6.07, 6.45) is -5.89. The summed E-state index contributed by atoms with van der Waals surface area (Å²) in [6, 6.07) is 1.77. The number of nitrogens with zero attached hydrogens (tertiary/aromatic N) is 1. The summed E-state index contributed by atoms with van der Waals surface area (Å²) >= 11 is 0. The number of amides is 1. The topological polar surface area (TPSA) is 102 Å². The molecule has 1 aliphatic heterocycles. The molecule has 1 aromatic carbocycles. The van der Waals surface area contributed by atoms with Crippen molar-refractivity contribution in [3.05, 3.63) is 29.8 Å². The minimum atomic E-state index is -4.73. The molecule has 0 bridgehead atoms. The molecule has 1 saturated heterocycles. The first-order chi connectivity index (χ1) is 14.3. The van der Waals surface area contributed by atoms with Crippen molar-refractivity contribution in [3.63, 3.8) is 0 Å². The van der Waals surface area contributed by atoms with Gasteiger partial charge in [-0.3, -0.25) is 9.59 Å². The third-order valence-corrected chi connectivity index (χ3v) is 6.08. The van der Waals surface area contributed by atoms with Crippen molar-refractivity contribution in [2.24, 2.45) is 5.92 Å². The van der Waals surface area contributed by atoms with Gasteiger partial charge in [0.1, 0.15) is 6.04 Å². The van der Waals surface area contributed by atoms with Gasteiger partial charge in [-0.05, 0) is 31.0 Å². The largest absolute Gasteiger partial charge is 0.451 e. The SMILES string of the molecule is CC(OC(=O)C(NS(=O)(=O)c1cccc(C(F)(F)F)c1)C(C)C)C(=O)N1CCOCC1. The third-order valence-electron chi connectivity index (χ3n) is 4.64. The van der Waals surface area contributed by atoms with Crippen LogP contribution in [0.1, 0.15) is 26.3 Å². The monoisotopic (exact) mass is 466 g/mol. The quantitative estimate of drug-likeness (QED) is 0.615. The molecule has 12 heteroatoms. The van der Waals surface area contributed by atoms with E-state index in [0.29, 0.717) is 32.4 Å². The highest BCUT2D eigenvalue weighted by Crippen LogP contribution is 2.30. The van der Waals surface area contributed by atoms with Gasteiger partial charge in [0, 0.05) is 13.1 Å². The van der Waals surface area contributed by atoms with E-state index in [1.54, 1.807) is 0 Å². The molecule has 1 heterocycles. The van der Waals surface area contributed by atoms with Crippen LogP contribution in [-0.2, 0) is 35.3 Å². The highest BCUT2D eigenvalue weighted by Gasteiger charge is 2.35. The molecule has 1 N–H and O–H groups in total. The van der Waals surface area contributed by atoms with Crippen LogP contribution >= 0.6 is 0 Å². The number of halogens is 3. The maximum Gasteiger partial charge on any atom is 0.416 e. The van der Waals surface area contributed by atoms with Crippen molar-refractivity contribution in [1.29, 1.82) is 0 Å². The number of alkyl halides is 3. The lowest BCUT2D eigenvalue weighted by Gasteiger charge is -2.30. The van der Waals surface area contributed by atoms with E-state index >= 15 is 0 Å². The van der Waals surface area contributed by atoms with E-state index in [1.807, 2.05) is 0 Å². The fourth-order valence-corrected chi connectivity index (χ4v) is 4.25. The van der Waals surface area contributed by atoms with Crippen LogP contribution in [-0.4, -0.2) is 63.6 Å². The molecule has 174 valence electrons. The van der Waals surface area contributed by atoms with Crippen molar-refractivity contribution in [2.45, 2.75) is 44.0 Å². The molecular weight excluding hydrogens is 441 g/mol. The van der Waals surface area contributed by atoms with Gasteiger partial charge in [0.25, 0.3) is 5.91 Å². The summed E-state index contributed by atoms with van der Waals surface area (Å²) in [5, 5.41) is 0.